The van der Waals surface area contributed by atoms with Crippen molar-refractivity contribution >= 4 is 14.6 Å². The Bertz CT molecular complexity index is 110. The Morgan fingerprint density at radius 3 is 2.50 bits per heavy atom. The summed E-state index contributed by atoms with van der Waals surface area (Å²) in [4.78, 5) is 10.2. The highest BCUT2D eigenvalue weighted by molar-refractivity contribution is 6.85. The van der Waals surface area contributed by atoms with E-state index in [0.717, 1.165) is 12.8 Å². The average molecular weight is 162 g/mol. The summed E-state index contributed by atoms with van der Waals surface area (Å²) in [5.74, 6) is 0. The standard InChI is InChI=1S/C5H14N2O2Si/c6-3-1-2-4-10(7)5(8)9/h10H,1-4,6-7H2,(H,8,9)/t10-/m0/s1. The molecule has 0 heterocycles. The third kappa shape index (κ3) is 4.48. The first-order valence-electron chi connectivity index (χ1n) is 3.37. The van der Waals surface area contributed by atoms with Gasteiger partial charge in [-0.25, -0.2) is 0 Å². The Hall–Kier alpha value is -0.393. The lowest BCUT2D eigenvalue weighted by Crippen LogP contribution is -2.34. The molecule has 10 heavy (non-hydrogen) atoms. The number of unbranched alkanes of at least 4 members (excludes halogenated alkanes) is 1. The molecule has 0 aliphatic rings. The Morgan fingerprint density at radius 1 is 1.50 bits per heavy atom. The van der Waals surface area contributed by atoms with Gasteiger partial charge >= 0.3 is 0 Å². The van der Waals surface area contributed by atoms with E-state index in [1.54, 1.807) is 0 Å². The Balaban J connectivity index is 3.21. The fourth-order valence-electron chi connectivity index (χ4n) is 0.632. The first kappa shape index (κ1) is 9.61. The molecule has 0 unspecified atom stereocenters. The lowest BCUT2D eigenvalue weighted by molar-refractivity contribution is 0.218. The summed E-state index contributed by atoms with van der Waals surface area (Å²) in [6, 6.07) is 0.659. The minimum absolute atomic E-state index is 0.626. The smallest absolute Gasteiger partial charge is 0.283 e. The van der Waals surface area contributed by atoms with Crippen LogP contribution in [0.2, 0.25) is 6.04 Å². The lowest BCUT2D eigenvalue weighted by Gasteiger charge is -2.01. The number of hydrogen-bond acceptors (Lipinski definition) is 3. The molecule has 0 radical (unpaired) electrons. The molecule has 0 aliphatic carbocycles. The Kier molecular flexibility index (Phi) is 5.18. The van der Waals surface area contributed by atoms with Crippen LogP contribution in [0.5, 0.6) is 0 Å². The monoisotopic (exact) mass is 162 g/mol. The van der Waals surface area contributed by atoms with Crippen molar-refractivity contribution in [2.45, 2.75) is 18.9 Å². The molecule has 0 aliphatic heterocycles. The Morgan fingerprint density at radius 2 is 2.10 bits per heavy atom. The maximum atomic E-state index is 10.2. The topological polar surface area (TPSA) is 89.3 Å². The molecule has 1 atom stereocenters. The van der Waals surface area contributed by atoms with Crippen molar-refractivity contribution < 1.29 is 9.90 Å². The third-order valence-corrected chi connectivity index (χ3v) is 2.95. The largest absolute Gasteiger partial charge is 0.485 e. The number of rotatable bonds is 5. The van der Waals surface area contributed by atoms with Gasteiger partial charge < -0.3 is 16.2 Å². The summed E-state index contributed by atoms with van der Waals surface area (Å²) in [7, 11) is -1.95. The predicted octanol–water partition coefficient (Wildman–Crippen LogP) is -0.333. The van der Waals surface area contributed by atoms with Crippen LogP contribution in [0.3, 0.4) is 0 Å². The molecule has 0 saturated heterocycles. The summed E-state index contributed by atoms with van der Waals surface area (Å²) in [5.41, 5.74) is 4.42. The molecule has 0 aromatic carbocycles. The van der Waals surface area contributed by atoms with Crippen LogP contribution in [0.4, 0.5) is 4.79 Å². The molecule has 0 fully saturated rings. The van der Waals surface area contributed by atoms with Crippen molar-refractivity contribution in [3.05, 3.63) is 0 Å². The van der Waals surface area contributed by atoms with Gasteiger partial charge in [-0.05, 0) is 19.0 Å². The van der Waals surface area contributed by atoms with Crippen molar-refractivity contribution in [3.8, 4) is 0 Å². The van der Waals surface area contributed by atoms with Crippen molar-refractivity contribution in [1.82, 2.24) is 0 Å². The van der Waals surface area contributed by atoms with Gasteiger partial charge in [0.1, 0.15) is 0 Å². The highest BCUT2D eigenvalue weighted by Crippen LogP contribution is 1.96. The zero-order valence-corrected chi connectivity index (χ0v) is 7.07. The van der Waals surface area contributed by atoms with Gasteiger partial charge in [0.25, 0.3) is 5.59 Å². The van der Waals surface area contributed by atoms with Crippen LogP contribution in [0, 0.1) is 0 Å². The van der Waals surface area contributed by atoms with E-state index < -0.39 is 14.6 Å². The third-order valence-electron chi connectivity index (χ3n) is 1.29. The SMILES string of the molecule is NCCCC[Si@H](N)C(=O)O. The first-order chi connectivity index (χ1) is 4.68. The molecular formula is C5H14N2O2Si. The summed E-state index contributed by atoms with van der Waals surface area (Å²) < 4.78 is 0. The maximum Gasteiger partial charge on any atom is 0.283 e. The fraction of sp³-hybridized carbons (Fsp3) is 0.800. The van der Waals surface area contributed by atoms with E-state index >= 15 is 0 Å². The number of carboxylic acid groups (broad SMARTS) is 1. The second-order valence-corrected chi connectivity index (χ2v) is 4.51. The van der Waals surface area contributed by atoms with Gasteiger partial charge in [-0.2, -0.15) is 0 Å². The molecule has 0 saturated carbocycles. The van der Waals surface area contributed by atoms with Crippen LogP contribution in [0.1, 0.15) is 12.8 Å². The van der Waals surface area contributed by atoms with E-state index in [-0.39, 0.29) is 0 Å². The van der Waals surface area contributed by atoms with E-state index in [9.17, 15) is 4.79 Å². The minimum Gasteiger partial charge on any atom is -0.485 e. The summed E-state index contributed by atoms with van der Waals surface area (Å²) >= 11 is 0. The summed E-state index contributed by atoms with van der Waals surface area (Å²) in [6.45, 7) is 0.626. The molecule has 0 amide bonds. The molecule has 5 N–H and O–H groups in total. The number of nitrogens with two attached hydrogens (primary N) is 2. The fourth-order valence-corrected chi connectivity index (χ4v) is 1.61. The Labute approximate surface area is 61.9 Å². The lowest BCUT2D eigenvalue weighted by atomic mass is 10.3. The molecule has 0 spiro atoms. The quantitative estimate of drug-likeness (QED) is 0.381. The second-order valence-electron chi connectivity index (χ2n) is 2.23. The molecule has 0 aromatic heterocycles. The molecule has 0 bridgehead atoms. The van der Waals surface area contributed by atoms with Crippen LogP contribution in [-0.4, -0.2) is 26.2 Å². The zero-order valence-electron chi connectivity index (χ0n) is 5.92. The molecule has 0 rings (SSSR count). The maximum absolute atomic E-state index is 10.2. The van der Waals surface area contributed by atoms with Gasteiger partial charge in [0.2, 0.25) is 8.96 Å². The van der Waals surface area contributed by atoms with Gasteiger partial charge in [0, 0.05) is 0 Å². The van der Waals surface area contributed by atoms with Crippen LogP contribution in [0.15, 0.2) is 0 Å². The summed E-state index contributed by atoms with van der Waals surface area (Å²) in [6.07, 6.45) is 1.74. The molecular weight excluding hydrogens is 148 g/mol. The number of hydrogen-bond donors (Lipinski definition) is 3. The van der Waals surface area contributed by atoms with E-state index in [0.29, 0.717) is 12.6 Å². The second kappa shape index (κ2) is 5.40. The van der Waals surface area contributed by atoms with Gasteiger partial charge in [0.05, 0.1) is 0 Å². The van der Waals surface area contributed by atoms with Crippen molar-refractivity contribution in [2.24, 2.45) is 11.1 Å². The van der Waals surface area contributed by atoms with E-state index in [1.165, 1.54) is 0 Å². The van der Waals surface area contributed by atoms with Crippen molar-refractivity contribution in [2.75, 3.05) is 6.54 Å². The predicted molar refractivity (Wildman–Crippen MR) is 42.5 cm³/mol. The van der Waals surface area contributed by atoms with Gasteiger partial charge in [0.15, 0.2) is 0 Å². The highest BCUT2D eigenvalue weighted by atomic mass is 28.3. The zero-order chi connectivity index (χ0) is 7.98. The molecule has 0 aromatic rings. The summed E-state index contributed by atoms with van der Waals surface area (Å²) in [5, 5.41) is 13.7. The van der Waals surface area contributed by atoms with Crippen LogP contribution >= 0.6 is 0 Å². The van der Waals surface area contributed by atoms with Gasteiger partial charge in [-0.15, -0.1) is 0 Å². The van der Waals surface area contributed by atoms with E-state index in [1.807, 2.05) is 0 Å². The number of carbonyl (C=O) groups is 1. The normalized spacial score (nSPS) is 13.0. The molecule has 4 nitrogen and oxygen atoms in total. The molecule has 60 valence electrons. The van der Waals surface area contributed by atoms with Gasteiger partial charge in [-0.1, -0.05) is 6.42 Å². The van der Waals surface area contributed by atoms with Crippen molar-refractivity contribution in [1.29, 1.82) is 0 Å². The molecule has 5 heteroatoms. The van der Waals surface area contributed by atoms with Crippen LogP contribution < -0.4 is 11.1 Å². The van der Waals surface area contributed by atoms with Crippen LogP contribution in [-0.2, 0) is 0 Å². The first-order valence-corrected chi connectivity index (χ1v) is 5.43. The van der Waals surface area contributed by atoms with Crippen molar-refractivity contribution in [3.63, 3.8) is 0 Å². The van der Waals surface area contributed by atoms with Gasteiger partial charge in [-0.3, -0.25) is 4.79 Å². The minimum atomic E-state index is -1.95. The highest BCUT2D eigenvalue weighted by Gasteiger charge is 2.12. The van der Waals surface area contributed by atoms with E-state index in [4.69, 9.17) is 16.2 Å². The average Bonchev–Trinajstić information content (AvgIpc) is 1.88. The van der Waals surface area contributed by atoms with E-state index in [2.05, 4.69) is 0 Å². The van der Waals surface area contributed by atoms with Crippen LogP contribution in [0.25, 0.3) is 0 Å².